The molecule has 7 rings (SSSR count). The van der Waals surface area contributed by atoms with E-state index in [9.17, 15) is 14.7 Å². The van der Waals surface area contributed by atoms with Gasteiger partial charge in [-0.15, -0.1) is 11.3 Å². The highest BCUT2D eigenvalue weighted by molar-refractivity contribution is 7.22. The van der Waals surface area contributed by atoms with Gasteiger partial charge in [0.15, 0.2) is 6.10 Å². The molecule has 6 nitrogen and oxygen atoms in total. The predicted octanol–water partition coefficient (Wildman–Crippen LogP) is 5.35. The molecule has 0 spiro atoms. The number of thiophene rings is 1. The number of aliphatic hydroxyl groups excluding tert-OH is 1. The number of H-pyrrole nitrogens is 1. The molecule has 5 aromatic rings. The molecule has 0 radical (unpaired) electrons. The fraction of sp³-hybridized carbons (Fsp3) is 0.219. The second-order valence-corrected chi connectivity index (χ2v) is 11.6. The number of hydrogen-bond donors (Lipinski definition) is 2. The maximum absolute atomic E-state index is 13.4. The van der Waals surface area contributed by atoms with E-state index in [0.29, 0.717) is 24.1 Å². The highest BCUT2D eigenvalue weighted by Gasteiger charge is 2.48. The van der Waals surface area contributed by atoms with Crippen molar-refractivity contribution in [2.75, 3.05) is 6.54 Å². The molecule has 2 N–H and O–H groups in total. The highest BCUT2D eigenvalue weighted by atomic mass is 32.1. The van der Waals surface area contributed by atoms with Crippen molar-refractivity contribution < 1.29 is 9.90 Å². The number of amides is 1. The van der Waals surface area contributed by atoms with E-state index < -0.39 is 12.0 Å². The number of aromatic amines is 1. The van der Waals surface area contributed by atoms with Crippen LogP contribution in [0.1, 0.15) is 47.2 Å². The summed E-state index contributed by atoms with van der Waals surface area (Å²) in [6.45, 7) is 0.551. The first-order valence-electron chi connectivity index (χ1n) is 13.3. The third kappa shape index (κ3) is 4.18. The van der Waals surface area contributed by atoms with Crippen LogP contribution >= 0.6 is 11.3 Å². The summed E-state index contributed by atoms with van der Waals surface area (Å²) in [5, 5.41) is 12.2. The van der Waals surface area contributed by atoms with Gasteiger partial charge < -0.3 is 15.0 Å². The Kier molecular flexibility index (Phi) is 5.72. The molecular formula is C32H27N3O3S. The summed E-state index contributed by atoms with van der Waals surface area (Å²) in [4.78, 5) is 37.1. The van der Waals surface area contributed by atoms with Crippen molar-refractivity contribution in [2.24, 2.45) is 0 Å². The van der Waals surface area contributed by atoms with E-state index in [1.165, 1.54) is 15.6 Å². The van der Waals surface area contributed by atoms with Gasteiger partial charge in [-0.2, -0.15) is 0 Å². The van der Waals surface area contributed by atoms with Gasteiger partial charge in [-0.3, -0.25) is 9.59 Å². The standard InChI is InChI=1S/C32H27N3O3S/c36-28(22-9-6-8-20(17-22)27-18-21-7-4-5-12-26(21)39-27)30(38)35-16-13-25-24(19-35)29(37)34-31(33-25)32(14-15-32)23-10-2-1-3-11-23/h1-12,17-18,28,36H,13-16,19H2,(H,33,34,37). The molecule has 39 heavy (non-hydrogen) atoms. The Morgan fingerprint density at radius 3 is 2.59 bits per heavy atom. The number of fused-ring (bicyclic) bond motifs is 2. The highest BCUT2D eigenvalue weighted by Crippen LogP contribution is 2.52. The molecule has 1 unspecified atom stereocenters. The van der Waals surface area contributed by atoms with Crippen molar-refractivity contribution in [3.05, 3.63) is 123 Å². The monoisotopic (exact) mass is 533 g/mol. The number of benzene rings is 3. The Balaban J connectivity index is 1.12. The van der Waals surface area contributed by atoms with Crippen LogP contribution in [-0.4, -0.2) is 32.4 Å². The van der Waals surface area contributed by atoms with Gasteiger partial charge in [0.1, 0.15) is 5.82 Å². The van der Waals surface area contributed by atoms with Crippen LogP contribution in [0.5, 0.6) is 0 Å². The van der Waals surface area contributed by atoms with Crippen molar-refractivity contribution in [3.8, 4) is 10.4 Å². The van der Waals surface area contributed by atoms with Crippen molar-refractivity contribution in [2.45, 2.75) is 37.3 Å². The average molecular weight is 534 g/mol. The zero-order valence-corrected chi connectivity index (χ0v) is 22.1. The molecule has 1 fully saturated rings. The molecule has 7 heteroatoms. The Labute approximate surface area is 229 Å². The number of aromatic nitrogens is 2. The molecule has 3 heterocycles. The SMILES string of the molecule is O=C(C(O)c1cccc(-c2cc3ccccc3s2)c1)N1CCc2nc(C3(c4ccccc4)CC3)[nH]c(=O)c2C1. The number of nitrogens with one attached hydrogen (secondary N) is 1. The summed E-state index contributed by atoms with van der Waals surface area (Å²) in [6.07, 6.45) is 1.09. The van der Waals surface area contributed by atoms with Crippen molar-refractivity contribution >= 4 is 27.3 Å². The molecule has 1 atom stereocenters. The van der Waals surface area contributed by atoms with Gasteiger partial charge in [0.25, 0.3) is 11.5 Å². The smallest absolute Gasteiger partial charge is 0.256 e. The number of carbonyl (C=O) groups is 1. The van der Waals surface area contributed by atoms with Gasteiger partial charge in [-0.25, -0.2) is 4.98 Å². The Bertz CT molecular complexity index is 1740. The van der Waals surface area contributed by atoms with Crippen LogP contribution in [0.15, 0.2) is 89.7 Å². The van der Waals surface area contributed by atoms with Crippen molar-refractivity contribution in [1.82, 2.24) is 14.9 Å². The van der Waals surface area contributed by atoms with Crippen LogP contribution in [0.25, 0.3) is 20.5 Å². The lowest BCUT2D eigenvalue weighted by Gasteiger charge is -2.30. The quantitative estimate of drug-likeness (QED) is 0.319. The minimum Gasteiger partial charge on any atom is -0.378 e. The molecule has 2 aliphatic rings. The van der Waals surface area contributed by atoms with Crippen LogP contribution in [0.2, 0.25) is 0 Å². The molecule has 194 valence electrons. The average Bonchev–Trinajstić information content (AvgIpc) is 3.69. The number of carbonyl (C=O) groups excluding carboxylic acids is 1. The summed E-state index contributed by atoms with van der Waals surface area (Å²) < 4.78 is 1.19. The lowest BCUT2D eigenvalue weighted by atomic mass is 9.94. The molecular weight excluding hydrogens is 506 g/mol. The van der Waals surface area contributed by atoms with E-state index in [0.717, 1.165) is 34.8 Å². The van der Waals surface area contributed by atoms with Gasteiger partial charge in [0.05, 0.1) is 23.2 Å². The number of aliphatic hydroxyl groups is 1. The second kappa shape index (κ2) is 9.29. The van der Waals surface area contributed by atoms with E-state index in [1.54, 1.807) is 22.3 Å². The van der Waals surface area contributed by atoms with E-state index in [-0.39, 0.29) is 17.5 Å². The zero-order chi connectivity index (χ0) is 26.6. The molecule has 1 amide bonds. The zero-order valence-electron chi connectivity index (χ0n) is 21.3. The maximum atomic E-state index is 13.4. The van der Waals surface area contributed by atoms with E-state index in [1.807, 2.05) is 48.5 Å². The van der Waals surface area contributed by atoms with E-state index in [2.05, 4.69) is 35.3 Å². The molecule has 0 saturated heterocycles. The minimum absolute atomic E-state index is 0.141. The lowest BCUT2D eigenvalue weighted by molar-refractivity contribution is -0.141. The van der Waals surface area contributed by atoms with E-state index in [4.69, 9.17) is 4.98 Å². The molecule has 1 saturated carbocycles. The first-order chi connectivity index (χ1) is 19.0. The maximum Gasteiger partial charge on any atom is 0.256 e. The Morgan fingerprint density at radius 2 is 1.79 bits per heavy atom. The normalized spacial score (nSPS) is 16.6. The summed E-state index contributed by atoms with van der Waals surface area (Å²) in [6, 6.07) is 28.0. The first-order valence-corrected chi connectivity index (χ1v) is 14.1. The fourth-order valence-corrected chi connectivity index (χ4v) is 6.74. The first kappa shape index (κ1) is 24.0. The second-order valence-electron chi connectivity index (χ2n) is 10.5. The summed E-state index contributed by atoms with van der Waals surface area (Å²) >= 11 is 1.68. The van der Waals surface area contributed by atoms with Gasteiger partial charge >= 0.3 is 0 Å². The summed E-state index contributed by atoms with van der Waals surface area (Å²) in [7, 11) is 0. The lowest BCUT2D eigenvalue weighted by Crippen LogP contribution is -2.42. The molecule has 2 aromatic heterocycles. The summed E-state index contributed by atoms with van der Waals surface area (Å²) in [5.74, 6) is 0.316. The van der Waals surface area contributed by atoms with Gasteiger partial charge in [0.2, 0.25) is 0 Å². The van der Waals surface area contributed by atoms with Crippen LogP contribution in [0.3, 0.4) is 0 Å². The summed E-state index contributed by atoms with van der Waals surface area (Å²) in [5.41, 5.74) is 3.51. The molecule has 0 bridgehead atoms. The van der Waals surface area contributed by atoms with Gasteiger partial charge in [-0.1, -0.05) is 66.7 Å². The third-order valence-electron chi connectivity index (χ3n) is 8.06. The Morgan fingerprint density at radius 1 is 1.00 bits per heavy atom. The van der Waals surface area contributed by atoms with Crippen LogP contribution in [-0.2, 0) is 23.2 Å². The fourth-order valence-electron chi connectivity index (χ4n) is 5.69. The number of rotatable bonds is 5. The molecule has 1 aliphatic heterocycles. The third-order valence-corrected chi connectivity index (χ3v) is 9.22. The number of hydrogen-bond acceptors (Lipinski definition) is 5. The molecule has 3 aromatic carbocycles. The molecule has 1 aliphatic carbocycles. The predicted molar refractivity (Wildman–Crippen MR) is 153 cm³/mol. The largest absolute Gasteiger partial charge is 0.378 e. The minimum atomic E-state index is -1.31. The van der Waals surface area contributed by atoms with Crippen LogP contribution < -0.4 is 5.56 Å². The van der Waals surface area contributed by atoms with Gasteiger partial charge in [0, 0.05) is 22.5 Å². The van der Waals surface area contributed by atoms with Crippen LogP contribution in [0, 0.1) is 0 Å². The van der Waals surface area contributed by atoms with Gasteiger partial charge in [-0.05, 0) is 53.1 Å². The van der Waals surface area contributed by atoms with E-state index >= 15 is 0 Å². The number of nitrogens with zero attached hydrogens (tertiary/aromatic N) is 2. The van der Waals surface area contributed by atoms with Crippen molar-refractivity contribution in [3.63, 3.8) is 0 Å². The van der Waals surface area contributed by atoms with Crippen molar-refractivity contribution in [1.29, 1.82) is 0 Å². The topological polar surface area (TPSA) is 86.3 Å². The Hall–Kier alpha value is -4.07. The van der Waals surface area contributed by atoms with Crippen LogP contribution in [0.4, 0.5) is 0 Å².